The molecule has 2 aromatic heterocycles. The van der Waals surface area contributed by atoms with Crippen LogP contribution in [0.2, 0.25) is 0 Å². The molecule has 0 spiro atoms. The van der Waals surface area contributed by atoms with Crippen molar-refractivity contribution >= 4 is 11.0 Å². The van der Waals surface area contributed by atoms with Crippen LogP contribution in [-0.4, -0.2) is 16.7 Å². The Kier molecular flexibility index (Phi) is 3.29. The number of hydrogen-bond donors (Lipinski definition) is 1. The molecule has 3 rings (SSSR count). The third kappa shape index (κ3) is 2.51. The predicted octanol–water partition coefficient (Wildman–Crippen LogP) is 2.46. The van der Waals surface area contributed by atoms with Crippen LogP contribution < -0.4 is 5.32 Å². The fourth-order valence-electron chi connectivity index (χ4n) is 2.16. The maximum atomic E-state index is 5.72. The molecule has 0 atom stereocenters. The highest BCUT2D eigenvalue weighted by Gasteiger charge is 2.09. The Morgan fingerprint density at radius 3 is 3.00 bits per heavy atom. The zero-order valence-corrected chi connectivity index (χ0v) is 10.7. The highest BCUT2D eigenvalue weighted by molar-refractivity contribution is 5.82. The fourth-order valence-corrected chi connectivity index (χ4v) is 2.16. The zero-order valence-electron chi connectivity index (χ0n) is 10.7. The van der Waals surface area contributed by atoms with Gasteiger partial charge >= 0.3 is 0 Å². The van der Waals surface area contributed by atoms with E-state index >= 15 is 0 Å². The van der Waals surface area contributed by atoms with Crippen molar-refractivity contribution in [3.63, 3.8) is 0 Å². The number of nitrogens with one attached hydrogen (secondary N) is 1. The Balaban J connectivity index is 1.63. The molecule has 0 aliphatic heterocycles. The summed E-state index contributed by atoms with van der Waals surface area (Å²) in [5.74, 6) is 1.69. The van der Waals surface area contributed by atoms with Crippen LogP contribution >= 0.6 is 0 Å². The first-order valence-corrected chi connectivity index (χ1v) is 6.27. The van der Waals surface area contributed by atoms with Crippen molar-refractivity contribution in [3.05, 3.63) is 47.8 Å². The monoisotopic (exact) mass is 257 g/mol. The van der Waals surface area contributed by atoms with Gasteiger partial charge in [0.05, 0.1) is 0 Å². The SMILES string of the molecule is Cc1oc2ccccc2c1CNCCc1ncon1. The summed E-state index contributed by atoms with van der Waals surface area (Å²) in [6, 6.07) is 8.09. The molecule has 0 saturated heterocycles. The van der Waals surface area contributed by atoms with Gasteiger partial charge in [-0.15, -0.1) is 0 Å². The maximum Gasteiger partial charge on any atom is 0.213 e. The second-order valence-corrected chi connectivity index (χ2v) is 4.41. The Labute approximate surface area is 110 Å². The van der Waals surface area contributed by atoms with Crippen LogP contribution in [0.3, 0.4) is 0 Å². The van der Waals surface area contributed by atoms with E-state index in [2.05, 4.69) is 21.5 Å². The van der Waals surface area contributed by atoms with Gasteiger partial charge in [0.25, 0.3) is 0 Å². The summed E-state index contributed by atoms with van der Waals surface area (Å²) < 4.78 is 10.4. The topological polar surface area (TPSA) is 64.1 Å². The molecule has 1 aromatic carbocycles. The lowest BCUT2D eigenvalue weighted by molar-refractivity contribution is 0.409. The van der Waals surface area contributed by atoms with Crippen molar-refractivity contribution in [1.82, 2.24) is 15.5 Å². The van der Waals surface area contributed by atoms with Crippen molar-refractivity contribution in [2.75, 3.05) is 6.54 Å². The van der Waals surface area contributed by atoms with Gasteiger partial charge in [-0.05, 0) is 13.0 Å². The zero-order chi connectivity index (χ0) is 13.1. The molecule has 0 saturated carbocycles. The molecule has 98 valence electrons. The first kappa shape index (κ1) is 11.9. The van der Waals surface area contributed by atoms with E-state index in [9.17, 15) is 0 Å². The third-order valence-electron chi connectivity index (χ3n) is 3.13. The first-order valence-electron chi connectivity index (χ1n) is 6.27. The van der Waals surface area contributed by atoms with E-state index in [-0.39, 0.29) is 0 Å². The molecule has 0 bridgehead atoms. The smallest absolute Gasteiger partial charge is 0.213 e. The second kappa shape index (κ2) is 5.24. The maximum absolute atomic E-state index is 5.72. The Bertz CT molecular complexity index is 658. The van der Waals surface area contributed by atoms with E-state index in [1.54, 1.807) is 0 Å². The summed E-state index contributed by atoms with van der Waals surface area (Å²) in [5.41, 5.74) is 2.15. The summed E-state index contributed by atoms with van der Waals surface area (Å²) in [6.45, 7) is 3.58. The van der Waals surface area contributed by atoms with E-state index in [0.29, 0.717) is 0 Å². The highest BCUT2D eigenvalue weighted by atomic mass is 16.5. The molecule has 2 heterocycles. The van der Waals surface area contributed by atoms with Gasteiger partial charge in [0.1, 0.15) is 11.3 Å². The third-order valence-corrected chi connectivity index (χ3v) is 3.13. The highest BCUT2D eigenvalue weighted by Crippen LogP contribution is 2.24. The fraction of sp³-hybridized carbons (Fsp3) is 0.286. The minimum Gasteiger partial charge on any atom is -0.461 e. The molecular weight excluding hydrogens is 242 g/mol. The number of fused-ring (bicyclic) bond motifs is 1. The molecular formula is C14H15N3O2. The lowest BCUT2D eigenvalue weighted by atomic mass is 10.1. The van der Waals surface area contributed by atoms with E-state index in [0.717, 1.165) is 36.7 Å². The molecule has 5 heteroatoms. The van der Waals surface area contributed by atoms with Gasteiger partial charge in [-0.3, -0.25) is 0 Å². The lowest BCUT2D eigenvalue weighted by Gasteiger charge is -2.02. The van der Waals surface area contributed by atoms with Gasteiger partial charge in [-0.2, -0.15) is 4.98 Å². The normalized spacial score (nSPS) is 11.2. The van der Waals surface area contributed by atoms with Gasteiger partial charge < -0.3 is 14.3 Å². The lowest BCUT2D eigenvalue weighted by Crippen LogP contribution is -2.17. The average Bonchev–Trinajstić information content (AvgIpc) is 3.02. The van der Waals surface area contributed by atoms with Crippen LogP contribution in [0.25, 0.3) is 11.0 Å². The van der Waals surface area contributed by atoms with Crippen molar-refractivity contribution < 1.29 is 8.94 Å². The Hall–Kier alpha value is -2.14. The molecule has 0 amide bonds. The van der Waals surface area contributed by atoms with Crippen molar-refractivity contribution in [2.24, 2.45) is 0 Å². The summed E-state index contributed by atoms with van der Waals surface area (Å²) in [6.07, 6.45) is 2.11. The molecule has 0 unspecified atom stereocenters. The molecule has 3 aromatic rings. The molecule has 0 radical (unpaired) electrons. The Morgan fingerprint density at radius 1 is 1.26 bits per heavy atom. The molecule has 19 heavy (non-hydrogen) atoms. The van der Waals surface area contributed by atoms with Gasteiger partial charge in [-0.25, -0.2) is 0 Å². The van der Waals surface area contributed by atoms with Crippen molar-refractivity contribution in [3.8, 4) is 0 Å². The van der Waals surface area contributed by atoms with Gasteiger partial charge in [0.2, 0.25) is 6.39 Å². The second-order valence-electron chi connectivity index (χ2n) is 4.41. The summed E-state index contributed by atoms with van der Waals surface area (Å²) in [4.78, 5) is 3.98. The number of aromatic nitrogens is 2. The number of para-hydroxylation sites is 1. The molecule has 0 aliphatic carbocycles. The van der Waals surface area contributed by atoms with E-state index in [4.69, 9.17) is 8.94 Å². The summed E-state index contributed by atoms with van der Waals surface area (Å²) in [5, 5.41) is 8.32. The van der Waals surface area contributed by atoms with Gasteiger partial charge in [0.15, 0.2) is 5.82 Å². The van der Waals surface area contributed by atoms with Crippen LogP contribution in [0, 0.1) is 6.92 Å². The summed E-state index contributed by atoms with van der Waals surface area (Å²) in [7, 11) is 0. The first-order chi connectivity index (χ1) is 9.34. The average molecular weight is 257 g/mol. The van der Waals surface area contributed by atoms with Crippen LogP contribution in [0.4, 0.5) is 0 Å². The van der Waals surface area contributed by atoms with Crippen LogP contribution in [0.15, 0.2) is 39.6 Å². The van der Waals surface area contributed by atoms with Crippen molar-refractivity contribution in [2.45, 2.75) is 19.9 Å². The minimum atomic E-state index is 0.723. The largest absolute Gasteiger partial charge is 0.461 e. The van der Waals surface area contributed by atoms with Crippen LogP contribution in [-0.2, 0) is 13.0 Å². The van der Waals surface area contributed by atoms with E-state index < -0.39 is 0 Å². The van der Waals surface area contributed by atoms with Crippen molar-refractivity contribution in [1.29, 1.82) is 0 Å². The number of furan rings is 1. The molecule has 0 fully saturated rings. The number of hydrogen-bond acceptors (Lipinski definition) is 5. The standard InChI is InChI=1S/C14H15N3O2/c1-10-12(11-4-2-3-5-13(11)19-10)8-15-7-6-14-16-9-18-17-14/h2-5,9,15H,6-8H2,1H3. The van der Waals surface area contributed by atoms with E-state index in [1.807, 2.05) is 25.1 Å². The van der Waals surface area contributed by atoms with Gasteiger partial charge in [0, 0.05) is 30.5 Å². The van der Waals surface area contributed by atoms with Crippen LogP contribution in [0.5, 0.6) is 0 Å². The van der Waals surface area contributed by atoms with Gasteiger partial charge in [-0.1, -0.05) is 23.4 Å². The number of aryl methyl sites for hydroxylation is 1. The number of nitrogens with zero attached hydrogens (tertiary/aromatic N) is 2. The summed E-state index contributed by atoms with van der Waals surface area (Å²) >= 11 is 0. The number of rotatable bonds is 5. The quantitative estimate of drug-likeness (QED) is 0.711. The Morgan fingerprint density at radius 2 is 2.16 bits per heavy atom. The predicted molar refractivity (Wildman–Crippen MR) is 70.7 cm³/mol. The van der Waals surface area contributed by atoms with E-state index in [1.165, 1.54) is 17.3 Å². The molecule has 0 aliphatic rings. The molecule has 5 nitrogen and oxygen atoms in total. The molecule has 1 N–H and O–H groups in total. The minimum absolute atomic E-state index is 0.723. The van der Waals surface area contributed by atoms with Crippen LogP contribution in [0.1, 0.15) is 17.1 Å². The number of benzene rings is 1.